The number of nitrogens with two attached hydrogens (primary N) is 2. The minimum absolute atomic E-state index is 0.0286. The van der Waals surface area contributed by atoms with Crippen LogP contribution in [0.3, 0.4) is 0 Å². The van der Waals surface area contributed by atoms with E-state index in [-0.39, 0.29) is 5.41 Å². The fourth-order valence-electron chi connectivity index (χ4n) is 2.69. The molecular weight excluding hydrogens is 440 g/mol. The summed E-state index contributed by atoms with van der Waals surface area (Å²) in [5, 5.41) is 0. The normalized spacial score (nSPS) is 11.8. The van der Waals surface area contributed by atoms with Crippen LogP contribution in [0.15, 0.2) is 30.3 Å². The summed E-state index contributed by atoms with van der Waals surface area (Å²) in [6, 6.07) is 10.5. The summed E-state index contributed by atoms with van der Waals surface area (Å²) in [6.45, 7) is 13.3. The van der Waals surface area contributed by atoms with E-state index in [2.05, 4.69) is 59.0 Å². The standard InChI is InChI=1S/C20H29N2OSiTe/c1-7-15-17(22)12-16(20(2,3)4)19(18(15)23-24(5)6)25-14-10-8-13(21)9-11-14/h8-12H,7,21-22H2,1-6H3. The number of anilines is 2. The van der Waals surface area contributed by atoms with E-state index < -0.39 is 30.0 Å². The van der Waals surface area contributed by atoms with E-state index in [4.69, 9.17) is 15.9 Å². The van der Waals surface area contributed by atoms with Crippen molar-refractivity contribution in [2.24, 2.45) is 0 Å². The number of nitrogen functional groups attached to an aromatic ring is 2. The molecule has 25 heavy (non-hydrogen) atoms. The second-order valence-electron chi connectivity index (χ2n) is 7.44. The minimum atomic E-state index is -0.872. The monoisotopic (exact) mass is 471 g/mol. The Morgan fingerprint density at radius 2 is 1.68 bits per heavy atom. The molecule has 0 atom stereocenters. The van der Waals surface area contributed by atoms with Gasteiger partial charge in [-0.3, -0.25) is 0 Å². The van der Waals surface area contributed by atoms with E-state index >= 15 is 0 Å². The molecule has 135 valence electrons. The topological polar surface area (TPSA) is 61.3 Å². The predicted octanol–water partition coefficient (Wildman–Crippen LogP) is 3.00. The Bertz CT molecular complexity index is 737. The second-order valence-corrected chi connectivity index (χ2v) is 12.5. The van der Waals surface area contributed by atoms with Crippen LogP contribution in [0.4, 0.5) is 11.4 Å². The molecule has 0 aliphatic carbocycles. The molecule has 1 radical (unpaired) electrons. The molecule has 0 aliphatic heterocycles. The summed E-state index contributed by atoms with van der Waals surface area (Å²) in [5.74, 6) is 1.06. The van der Waals surface area contributed by atoms with Crippen LogP contribution >= 0.6 is 0 Å². The van der Waals surface area contributed by atoms with E-state index in [9.17, 15) is 0 Å². The predicted molar refractivity (Wildman–Crippen MR) is 113 cm³/mol. The van der Waals surface area contributed by atoms with Gasteiger partial charge in [0.05, 0.1) is 0 Å². The molecule has 4 N–H and O–H groups in total. The van der Waals surface area contributed by atoms with Crippen LogP contribution in [0.5, 0.6) is 5.75 Å². The van der Waals surface area contributed by atoms with Crippen molar-refractivity contribution in [3.8, 4) is 5.75 Å². The first-order valence-corrected chi connectivity index (χ1v) is 13.3. The van der Waals surface area contributed by atoms with Crippen molar-refractivity contribution in [3.63, 3.8) is 0 Å². The van der Waals surface area contributed by atoms with Gasteiger partial charge in [0.15, 0.2) is 0 Å². The van der Waals surface area contributed by atoms with Crippen molar-refractivity contribution in [1.29, 1.82) is 0 Å². The van der Waals surface area contributed by atoms with Gasteiger partial charge in [0.1, 0.15) is 0 Å². The molecule has 0 amide bonds. The van der Waals surface area contributed by atoms with Gasteiger partial charge >= 0.3 is 164 Å². The first-order valence-electron chi connectivity index (χ1n) is 8.60. The third kappa shape index (κ3) is 4.94. The van der Waals surface area contributed by atoms with Crippen molar-refractivity contribution in [2.45, 2.75) is 52.6 Å². The van der Waals surface area contributed by atoms with Gasteiger partial charge < -0.3 is 0 Å². The second kappa shape index (κ2) is 8.03. The summed E-state index contributed by atoms with van der Waals surface area (Å²) >= 11 is -0.600. The SMILES string of the molecule is CCc1c(N)cc(C(C)(C)C)c([Te]c2ccc(N)cc2)c1O[Si](C)C. The maximum atomic E-state index is 6.42. The summed E-state index contributed by atoms with van der Waals surface area (Å²) in [7, 11) is -0.872. The maximum absolute atomic E-state index is 6.42. The molecular formula is C20H29N2OSiTe. The fraction of sp³-hybridized carbons (Fsp3) is 0.400. The molecule has 2 aromatic rings. The van der Waals surface area contributed by atoms with Gasteiger partial charge in [-0.15, -0.1) is 0 Å². The zero-order valence-electron chi connectivity index (χ0n) is 16.1. The van der Waals surface area contributed by atoms with Crippen LogP contribution in [0.25, 0.3) is 0 Å². The first kappa shape index (κ1) is 20.2. The third-order valence-corrected chi connectivity index (χ3v) is 7.74. The zero-order valence-corrected chi connectivity index (χ0v) is 19.4. The Hall–Kier alpha value is -1.15. The molecule has 0 aromatic heterocycles. The molecule has 0 fully saturated rings. The Morgan fingerprint density at radius 3 is 2.16 bits per heavy atom. The van der Waals surface area contributed by atoms with Crippen LogP contribution in [0, 0.1) is 0 Å². The molecule has 0 saturated carbocycles. The van der Waals surface area contributed by atoms with Crippen molar-refractivity contribution >= 4 is 48.6 Å². The van der Waals surface area contributed by atoms with Crippen molar-refractivity contribution < 1.29 is 4.43 Å². The summed E-state index contributed by atoms with van der Waals surface area (Å²) in [5.41, 5.74) is 16.5. The van der Waals surface area contributed by atoms with E-state index in [1.165, 1.54) is 12.8 Å². The third-order valence-electron chi connectivity index (χ3n) is 3.94. The van der Waals surface area contributed by atoms with Crippen molar-refractivity contribution in [1.82, 2.24) is 0 Å². The molecule has 0 saturated heterocycles. The summed E-state index contributed by atoms with van der Waals surface area (Å²) < 4.78 is 9.16. The number of benzene rings is 2. The van der Waals surface area contributed by atoms with Gasteiger partial charge in [-0.2, -0.15) is 0 Å². The Labute approximate surface area is 164 Å². The fourth-order valence-corrected chi connectivity index (χ4v) is 7.09. The zero-order chi connectivity index (χ0) is 18.8. The van der Waals surface area contributed by atoms with Gasteiger partial charge in [0.2, 0.25) is 0 Å². The summed E-state index contributed by atoms with van der Waals surface area (Å²) in [6.07, 6.45) is 0.891. The average molecular weight is 469 g/mol. The molecule has 2 aromatic carbocycles. The van der Waals surface area contributed by atoms with Crippen molar-refractivity contribution in [3.05, 3.63) is 41.5 Å². The number of hydrogen-bond acceptors (Lipinski definition) is 3. The van der Waals surface area contributed by atoms with E-state index in [0.717, 1.165) is 29.1 Å². The van der Waals surface area contributed by atoms with Gasteiger partial charge in [0.25, 0.3) is 0 Å². The molecule has 0 unspecified atom stereocenters. The number of rotatable bonds is 5. The van der Waals surface area contributed by atoms with E-state index in [0.29, 0.717) is 0 Å². The molecule has 0 aliphatic rings. The van der Waals surface area contributed by atoms with Crippen molar-refractivity contribution in [2.75, 3.05) is 11.5 Å². The van der Waals surface area contributed by atoms with Crippen LogP contribution in [-0.4, -0.2) is 30.0 Å². The Kier molecular flexibility index (Phi) is 6.48. The first-order chi connectivity index (χ1) is 11.6. The van der Waals surface area contributed by atoms with Crippen LogP contribution in [0.2, 0.25) is 13.1 Å². The molecule has 0 heterocycles. The van der Waals surface area contributed by atoms with E-state index in [1.54, 1.807) is 0 Å². The molecule has 2 rings (SSSR count). The van der Waals surface area contributed by atoms with Crippen LogP contribution in [-0.2, 0) is 11.8 Å². The van der Waals surface area contributed by atoms with Gasteiger partial charge in [-0.25, -0.2) is 0 Å². The Morgan fingerprint density at radius 1 is 1.08 bits per heavy atom. The molecule has 5 heteroatoms. The molecule has 3 nitrogen and oxygen atoms in total. The van der Waals surface area contributed by atoms with Crippen LogP contribution < -0.4 is 23.1 Å². The summed E-state index contributed by atoms with van der Waals surface area (Å²) in [4.78, 5) is 0. The molecule has 0 spiro atoms. The quantitative estimate of drug-likeness (QED) is 0.523. The van der Waals surface area contributed by atoms with Gasteiger partial charge in [0, 0.05) is 0 Å². The van der Waals surface area contributed by atoms with Gasteiger partial charge in [-0.05, 0) is 0 Å². The van der Waals surface area contributed by atoms with Gasteiger partial charge in [-0.1, -0.05) is 0 Å². The average Bonchev–Trinajstić information content (AvgIpc) is 2.50. The number of hydrogen-bond donors (Lipinski definition) is 2. The van der Waals surface area contributed by atoms with E-state index in [1.807, 2.05) is 12.1 Å². The van der Waals surface area contributed by atoms with Crippen LogP contribution in [0.1, 0.15) is 38.8 Å². The Balaban J connectivity index is 2.68. The molecule has 0 bridgehead atoms.